The van der Waals surface area contributed by atoms with Crippen molar-refractivity contribution in [2.24, 2.45) is 0 Å². The maximum absolute atomic E-state index is 12.9. The molecule has 2 aromatic carbocycles. The Morgan fingerprint density at radius 1 is 1.00 bits per heavy atom. The number of carbonyl (C=O) groups excluding carboxylic acids is 1. The fourth-order valence-corrected chi connectivity index (χ4v) is 2.15. The van der Waals surface area contributed by atoms with Gasteiger partial charge in [-0.1, -0.05) is 12.1 Å². The molecule has 1 aromatic heterocycles. The van der Waals surface area contributed by atoms with E-state index in [4.69, 9.17) is 0 Å². The van der Waals surface area contributed by atoms with Gasteiger partial charge in [0.25, 0.3) is 5.91 Å². The number of halogens is 1. The van der Waals surface area contributed by atoms with E-state index in [1.165, 1.54) is 24.5 Å². The number of nitrogens with one attached hydrogen (secondary N) is 2. The lowest BCUT2D eigenvalue weighted by molar-refractivity contribution is 0.102. The summed E-state index contributed by atoms with van der Waals surface area (Å²) in [5.41, 5.74) is 2.65. The molecule has 120 valence electrons. The average molecular weight is 322 g/mol. The van der Waals surface area contributed by atoms with Crippen LogP contribution >= 0.6 is 0 Å². The van der Waals surface area contributed by atoms with Gasteiger partial charge in [0.05, 0.1) is 0 Å². The lowest BCUT2D eigenvalue weighted by Gasteiger charge is -2.08. The molecule has 24 heavy (non-hydrogen) atoms. The van der Waals surface area contributed by atoms with Gasteiger partial charge in [0.15, 0.2) is 0 Å². The minimum absolute atomic E-state index is 0.233. The molecule has 0 atom stereocenters. The summed E-state index contributed by atoms with van der Waals surface area (Å²) in [5, 5.41) is 5.79. The number of amides is 1. The molecule has 0 radical (unpaired) electrons. The fraction of sp³-hybridized carbons (Fsp3) is 0.0556. The van der Waals surface area contributed by atoms with Crippen molar-refractivity contribution >= 4 is 23.1 Å². The number of rotatable bonds is 4. The van der Waals surface area contributed by atoms with Gasteiger partial charge in [0.2, 0.25) is 0 Å². The van der Waals surface area contributed by atoms with Crippen LogP contribution in [0.25, 0.3) is 0 Å². The normalized spacial score (nSPS) is 10.2. The van der Waals surface area contributed by atoms with Gasteiger partial charge in [-0.2, -0.15) is 0 Å². The summed E-state index contributed by atoms with van der Waals surface area (Å²) in [6.07, 6.45) is 1.30. The summed E-state index contributed by atoms with van der Waals surface area (Å²) in [6.45, 7) is 1.95. The Bertz CT molecular complexity index is 865. The zero-order chi connectivity index (χ0) is 16.9. The minimum atomic E-state index is -0.329. The molecule has 1 heterocycles. The lowest BCUT2D eigenvalue weighted by Crippen LogP contribution is -2.14. The molecule has 3 rings (SSSR count). The van der Waals surface area contributed by atoms with E-state index in [0.717, 1.165) is 5.56 Å². The molecule has 0 aliphatic carbocycles. The summed E-state index contributed by atoms with van der Waals surface area (Å²) in [6, 6.07) is 14.9. The number of nitrogens with zero attached hydrogens (tertiary/aromatic N) is 2. The Kier molecular flexibility index (Phi) is 4.47. The summed E-state index contributed by atoms with van der Waals surface area (Å²) in [4.78, 5) is 20.4. The summed E-state index contributed by atoms with van der Waals surface area (Å²) < 4.78 is 12.9. The smallest absolute Gasteiger partial charge is 0.274 e. The van der Waals surface area contributed by atoms with Crippen molar-refractivity contribution in [2.45, 2.75) is 6.92 Å². The van der Waals surface area contributed by atoms with Gasteiger partial charge in [0, 0.05) is 17.4 Å². The molecule has 0 unspecified atom stereocenters. The molecule has 0 bridgehead atoms. The van der Waals surface area contributed by atoms with E-state index in [2.05, 4.69) is 20.6 Å². The summed E-state index contributed by atoms with van der Waals surface area (Å²) in [7, 11) is 0. The van der Waals surface area contributed by atoms with Crippen molar-refractivity contribution in [3.8, 4) is 0 Å². The van der Waals surface area contributed by atoms with Crippen LogP contribution in [0.1, 0.15) is 16.1 Å². The van der Waals surface area contributed by atoms with Crippen molar-refractivity contribution in [3.63, 3.8) is 0 Å². The van der Waals surface area contributed by atoms with Gasteiger partial charge in [0.1, 0.15) is 23.7 Å². The van der Waals surface area contributed by atoms with Crippen LogP contribution in [0, 0.1) is 12.7 Å². The molecule has 0 spiro atoms. The molecular formula is C18H15FN4O. The molecule has 0 aliphatic rings. The Labute approximate surface area is 138 Å². The van der Waals surface area contributed by atoms with Gasteiger partial charge in [-0.3, -0.25) is 4.79 Å². The van der Waals surface area contributed by atoms with Crippen LogP contribution in [-0.4, -0.2) is 15.9 Å². The first-order chi connectivity index (χ1) is 11.6. The molecule has 2 N–H and O–H groups in total. The van der Waals surface area contributed by atoms with Crippen LogP contribution in [0.5, 0.6) is 0 Å². The summed E-state index contributed by atoms with van der Waals surface area (Å²) >= 11 is 0. The first-order valence-corrected chi connectivity index (χ1v) is 7.33. The number of aryl methyl sites for hydroxylation is 1. The third kappa shape index (κ3) is 3.92. The van der Waals surface area contributed by atoms with Gasteiger partial charge >= 0.3 is 0 Å². The second-order valence-electron chi connectivity index (χ2n) is 5.24. The molecule has 0 aliphatic heterocycles. The van der Waals surface area contributed by atoms with E-state index in [0.29, 0.717) is 17.2 Å². The zero-order valence-corrected chi connectivity index (χ0v) is 13.0. The number of hydrogen-bond donors (Lipinski definition) is 2. The quantitative estimate of drug-likeness (QED) is 0.764. The Hall–Kier alpha value is -3.28. The third-order valence-electron chi connectivity index (χ3n) is 3.29. The van der Waals surface area contributed by atoms with Crippen LogP contribution in [0.2, 0.25) is 0 Å². The van der Waals surface area contributed by atoms with Gasteiger partial charge in [-0.05, 0) is 48.9 Å². The number of aromatic nitrogens is 2. The predicted octanol–water partition coefficient (Wildman–Crippen LogP) is 3.92. The van der Waals surface area contributed by atoms with Gasteiger partial charge < -0.3 is 10.6 Å². The van der Waals surface area contributed by atoms with Crippen molar-refractivity contribution < 1.29 is 9.18 Å². The second-order valence-corrected chi connectivity index (χ2v) is 5.24. The topological polar surface area (TPSA) is 66.9 Å². The van der Waals surface area contributed by atoms with Crippen LogP contribution in [0.15, 0.2) is 60.9 Å². The van der Waals surface area contributed by atoms with Crippen molar-refractivity contribution in [1.82, 2.24) is 9.97 Å². The molecule has 0 saturated carbocycles. The highest BCUT2D eigenvalue weighted by atomic mass is 19.1. The van der Waals surface area contributed by atoms with E-state index in [1.807, 2.05) is 31.2 Å². The van der Waals surface area contributed by atoms with Crippen LogP contribution in [0.4, 0.5) is 21.6 Å². The monoisotopic (exact) mass is 322 g/mol. The molecule has 0 saturated heterocycles. The van der Waals surface area contributed by atoms with E-state index >= 15 is 0 Å². The zero-order valence-electron chi connectivity index (χ0n) is 13.0. The number of benzene rings is 2. The largest absolute Gasteiger partial charge is 0.340 e. The highest BCUT2D eigenvalue weighted by Crippen LogP contribution is 2.16. The third-order valence-corrected chi connectivity index (χ3v) is 3.29. The van der Waals surface area contributed by atoms with Crippen molar-refractivity contribution in [2.75, 3.05) is 10.6 Å². The van der Waals surface area contributed by atoms with Crippen LogP contribution in [-0.2, 0) is 0 Å². The molecule has 3 aromatic rings. The highest BCUT2D eigenvalue weighted by molar-refractivity contribution is 6.03. The number of carbonyl (C=O) groups is 1. The first kappa shape index (κ1) is 15.6. The Morgan fingerprint density at radius 2 is 1.79 bits per heavy atom. The first-order valence-electron chi connectivity index (χ1n) is 7.33. The van der Waals surface area contributed by atoms with Crippen molar-refractivity contribution in [3.05, 3.63) is 78.0 Å². The van der Waals surface area contributed by atoms with Gasteiger partial charge in [-0.25, -0.2) is 14.4 Å². The van der Waals surface area contributed by atoms with Crippen LogP contribution < -0.4 is 10.6 Å². The predicted molar refractivity (Wildman–Crippen MR) is 90.8 cm³/mol. The Balaban J connectivity index is 1.74. The molecule has 0 fully saturated rings. The van der Waals surface area contributed by atoms with E-state index in [1.54, 1.807) is 12.1 Å². The highest BCUT2D eigenvalue weighted by Gasteiger charge is 2.09. The van der Waals surface area contributed by atoms with E-state index in [9.17, 15) is 9.18 Å². The summed E-state index contributed by atoms with van der Waals surface area (Å²) in [5.74, 6) is -0.197. The average Bonchev–Trinajstić information content (AvgIpc) is 2.57. The maximum atomic E-state index is 12.9. The number of anilines is 3. The second kappa shape index (κ2) is 6.87. The SMILES string of the molecule is Cc1cccc(NC(=O)c2cc(Nc3ccc(F)cc3)ncn2)c1. The fourth-order valence-electron chi connectivity index (χ4n) is 2.15. The lowest BCUT2D eigenvalue weighted by atomic mass is 10.2. The van der Waals surface area contributed by atoms with E-state index in [-0.39, 0.29) is 17.4 Å². The molecule has 5 nitrogen and oxygen atoms in total. The molecule has 1 amide bonds. The maximum Gasteiger partial charge on any atom is 0.274 e. The van der Waals surface area contributed by atoms with Crippen LogP contribution in [0.3, 0.4) is 0 Å². The Morgan fingerprint density at radius 3 is 2.54 bits per heavy atom. The van der Waals surface area contributed by atoms with E-state index < -0.39 is 0 Å². The molecule has 6 heteroatoms. The van der Waals surface area contributed by atoms with Gasteiger partial charge in [-0.15, -0.1) is 0 Å². The van der Waals surface area contributed by atoms with Crippen molar-refractivity contribution in [1.29, 1.82) is 0 Å². The standard InChI is InChI=1S/C18H15FN4O/c1-12-3-2-4-15(9-12)23-18(24)16-10-17(21-11-20-16)22-14-7-5-13(19)6-8-14/h2-11H,1H3,(H,23,24)(H,20,21,22). The number of hydrogen-bond acceptors (Lipinski definition) is 4. The minimum Gasteiger partial charge on any atom is -0.340 e. The molecular weight excluding hydrogens is 307 g/mol.